The lowest BCUT2D eigenvalue weighted by Crippen LogP contribution is -2.25. The molecule has 1 unspecified atom stereocenters. The minimum Gasteiger partial charge on any atom is -0.491 e. The van der Waals surface area contributed by atoms with Gasteiger partial charge in [-0.25, -0.2) is 0 Å². The number of rotatable bonds is 8. The maximum absolute atomic E-state index is 5.77. The molecule has 0 heterocycles. The van der Waals surface area contributed by atoms with Gasteiger partial charge >= 0.3 is 0 Å². The zero-order valence-electron chi connectivity index (χ0n) is 10.9. The van der Waals surface area contributed by atoms with E-state index >= 15 is 0 Å². The van der Waals surface area contributed by atoms with Crippen LogP contribution in [0, 0.1) is 0 Å². The molecule has 0 bridgehead atoms. The van der Waals surface area contributed by atoms with Gasteiger partial charge in [-0.2, -0.15) is 0 Å². The molecule has 1 rings (SSSR count). The second kappa shape index (κ2) is 7.96. The predicted octanol–water partition coefficient (Wildman–Crippen LogP) is 3.01. The monoisotopic (exact) mass is 236 g/mol. The Labute approximate surface area is 104 Å². The van der Waals surface area contributed by atoms with Crippen molar-refractivity contribution in [3.63, 3.8) is 0 Å². The third-order valence-electron chi connectivity index (χ3n) is 2.51. The minimum absolute atomic E-state index is 0.142. The van der Waals surface area contributed by atoms with Gasteiger partial charge in [-0.3, -0.25) is 0 Å². The van der Waals surface area contributed by atoms with E-state index in [-0.39, 0.29) is 6.04 Å². The fourth-order valence-corrected chi connectivity index (χ4v) is 1.54. The summed E-state index contributed by atoms with van der Waals surface area (Å²) >= 11 is 0. The summed E-state index contributed by atoms with van der Waals surface area (Å²) < 4.78 is 5.77. The molecule has 3 nitrogen and oxygen atoms in total. The van der Waals surface area contributed by atoms with Crippen LogP contribution in [0.5, 0.6) is 5.75 Å². The highest BCUT2D eigenvalue weighted by Crippen LogP contribution is 2.23. The molecule has 96 valence electrons. The maximum Gasteiger partial charge on any atom is 0.142 e. The molecule has 0 radical (unpaired) electrons. The molecule has 3 N–H and O–H groups in total. The van der Waals surface area contributed by atoms with Crippen LogP contribution in [0.25, 0.3) is 0 Å². The first-order valence-corrected chi connectivity index (χ1v) is 6.45. The zero-order valence-corrected chi connectivity index (χ0v) is 10.9. The van der Waals surface area contributed by atoms with Gasteiger partial charge in [-0.05, 0) is 25.5 Å². The van der Waals surface area contributed by atoms with Gasteiger partial charge in [-0.15, -0.1) is 0 Å². The Morgan fingerprint density at radius 1 is 1.29 bits per heavy atom. The molecule has 0 spiro atoms. The lowest BCUT2D eigenvalue weighted by atomic mass is 10.2. The lowest BCUT2D eigenvalue weighted by Gasteiger charge is -2.14. The van der Waals surface area contributed by atoms with E-state index < -0.39 is 0 Å². The van der Waals surface area contributed by atoms with Gasteiger partial charge in [0, 0.05) is 12.6 Å². The second-order valence-corrected chi connectivity index (χ2v) is 4.41. The van der Waals surface area contributed by atoms with Crippen molar-refractivity contribution in [3.8, 4) is 5.75 Å². The van der Waals surface area contributed by atoms with Gasteiger partial charge < -0.3 is 15.8 Å². The average Bonchev–Trinajstić information content (AvgIpc) is 2.33. The molecule has 0 saturated carbocycles. The largest absolute Gasteiger partial charge is 0.491 e. The van der Waals surface area contributed by atoms with Crippen LogP contribution in [-0.4, -0.2) is 19.2 Å². The number of benzene rings is 1. The molecule has 0 aliphatic heterocycles. The van der Waals surface area contributed by atoms with Crippen molar-refractivity contribution in [2.75, 3.05) is 18.5 Å². The van der Waals surface area contributed by atoms with Crippen LogP contribution in [0.3, 0.4) is 0 Å². The third-order valence-corrected chi connectivity index (χ3v) is 2.51. The lowest BCUT2D eigenvalue weighted by molar-refractivity contribution is 0.307. The van der Waals surface area contributed by atoms with Crippen LogP contribution in [0.1, 0.15) is 33.1 Å². The van der Waals surface area contributed by atoms with Gasteiger partial charge in [-0.1, -0.05) is 31.9 Å². The second-order valence-electron chi connectivity index (χ2n) is 4.41. The van der Waals surface area contributed by atoms with Crippen molar-refractivity contribution in [1.82, 2.24) is 0 Å². The molecule has 17 heavy (non-hydrogen) atoms. The first kappa shape index (κ1) is 13.8. The van der Waals surface area contributed by atoms with Gasteiger partial charge in [0.2, 0.25) is 0 Å². The van der Waals surface area contributed by atoms with E-state index in [1.54, 1.807) is 0 Å². The normalized spacial score (nSPS) is 12.2. The molecule has 0 aliphatic carbocycles. The minimum atomic E-state index is 0.142. The molecular formula is C14H24N2O. The van der Waals surface area contributed by atoms with Crippen molar-refractivity contribution < 1.29 is 4.74 Å². The standard InChI is InChI=1S/C14H24N2O/c1-3-4-7-10-17-14-9-6-5-8-13(14)16-11-12(2)15/h5-6,8-9,12,16H,3-4,7,10-11,15H2,1-2H3. The fourth-order valence-electron chi connectivity index (χ4n) is 1.54. The van der Waals surface area contributed by atoms with Crippen molar-refractivity contribution in [1.29, 1.82) is 0 Å². The molecule has 1 aromatic rings. The Kier molecular flexibility index (Phi) is 6.48. The molecular weight excluding hydrogens is 212 g/mol. The summed E-state index contributed by atoms with van der Waals surface area (Å²) in [6, 6.07) is 8.16. The Morgan fingerprint density at radius 2 is 2.06 bits per heavy atom. The van der Waals surface area contributed by atoms with Gasteiger partial charge in [0.15, 0.2) is 0 Å². The molecule has 0 amide bonds. The van der Waals surface area contributed by atoms with Crippen LogP contribution in [-0.2, 0) is 0 Å². The highest BCUT2D eigenvalue weighted by molar-refractivity contribution is 5.56. The summed E-state index contributed by atoms with van der Waals surface area (Å²) in [4.78, 5) is 0. The highest BCUT2D eigenvalue weighted by atomic mass is 16.5. The SMILES string of the molecule is CCCCCOc1ccccc1NCC(C)N. The number of hydrogen-bond donors (Lipinski definition) is 2. The average molecular weight is 236 g/mol. The summed E-state index contributed by atoms with van der Waals surface area (Å²) in [5.41, 5.74) is 6.76. The molecule has 1 aromatic carbocycles. The molecule has 1 atom stereocenters. The van der Waals surface area contributed by atoms with Crippen LogP contribution in [0.2, 0.25) is 0 Å². The van der Waals surface area contributed by atoms with Gasteiger partial charge in [0.1, 0.15) is 5.75 Å². The Morgan fingerprint density at radius 3 is 2.76 bits per heavy atom. The first-order chi connectivity index (χ1) is 8.24. The van der Waals surface area contributed by atoms with Crippen LogP contribution in [0.15, 0.2) is 24.3 Å². The molecule has 0 saturated heterocycles. The summed E-state index contributed by atoms with van der Waals surface area (Å²) in [7, 11) is 0. The van der Waals surface area contributed by atoms with E-state index in [1.807, 2.05) is 31.2 Å². The number of nitrogens with two attached hydrogens (primary N) is 1. The molecule has 0 aliphatic rings. The van der Waals surface area contributed by atoms with E-state index in [1.165, 1.54) is 12.8 Å². The topological polar surface area (TPSA) is 47.3 Å². The third kappa shape index (κ3) is 5.59. The highest BCUT2D eigenvalue weighted by Gasteiger charge is 2.02. The number of nitrogens with one attached hydrogen (secondary N) is 1. The molecule has 0 aromatic heterocycles. The maximum atomic E-state index is 5.77. The van der Waals surface area contributed by atoms with Crippen LogP contribution >= 0.6 is 0 Å². The first-order valence-electron chi connectivity index (χ1n) is 6.45. The van der Waals surface area contributed by atoms with E-state index in [4.69, 9.17) is 10.5 Å². The summed E-state index contributed by atoms with van der Waals surface area (Å²) in [6.07, 6.45) is 3.54. The zero-order chi connectivity index (χ0) is 12.5. The van der Waals surface area contributed by atoms with E-state index in [9.17, 15) is 0 Å². The van der Waals surface area contributed by atoms with Gasteiger partial charge in [0.05, 0.1) is 12.3 Å². The van der Waals surface area contributed by atoms with Crippen molar-refractivity contribution in [2.24, 2.45) is 5.73 Å². The predicted molar refractivity (Wildman–Crippen MR) is 73.6 cm³/mol. The number of unbranched alkanes of at least 4 members (excludes halogenated alkanes) is 2. The van der Waals surface area contributed by atoms with Crippen molar-refractivity contribution in [2.45, 2.75) is 39.2 Å². The number of anilines is 1. The number of hydrogen-bond acceptors (Lipinski definition) is 3. The fraction of sp³-hybridized carbons (Fsp3) is 0.571. The molecule has 3 heteroatoms. The quantitative estimate of drug-likeness (QED) is 0.682. The summed E-state index contributed by atoms with van der Waals surface area (Å²) in [6.45, 7) is 5.72. The molecule has 0 fully saturated rings. The Bertz CT molecular complexity index is 313. The van der Waals surface area contributed by atoms with E-state index in [2.05, 4.69) is 12.2 Å². The summed E-state index contributed by atoms with van der Waals surface area (Å²) in [5, 5.41) is 3.30. The van der Waals surface area contributed by atoms with E-state index in [0.29, 0.717) is 0 Å². The van der Waals surface area contributed by atoms with E-state index in [0.717, 1.165) is 31.0 Å². The Balaban J connectivity index is 2.46. The van der Waals surface area contributed by atoms with Gasteiger partial charge in [0.25, 0.3) is 0 Å². The van der Waals surface area contributed by atoms with Crippen molar-refractivity contribution in [3.05, 3.63) is 24.3 Å². The van der Waals surface area contributed by atoms with Crippen LogP contribution in [0.4, 0.5) is 5.69 Å². The van der Waals surface area contributed by atoms with Crippen LogP contribution < -0.4 is 15.8 Å². The summed E-state index contributed by atoms with van der Waals surface area (Å²) in [5.74, 6) is 0.921. The smallest absolute Gasteiger partial charge is 0.142 e. The van der Waals surface area contributed by atoms with Crippen molar-refractivity contribution >= 4 is 5.69 Å². The Hall–Kier alpha value is -1.22. The number of para-hydroxylation sites is 2. The number of ether oxygens (including phenoxy) is 1.